The van der Waals surface area contributed by atoms with E-state index in [2.05, 4.69) is 14.9 Å². The average molecular weight is 344 g/mol. The molecule has 0 spiro atoms. The van der Waals surface area contributed by atoms with E-state index in [0.29, 0.717) is 23.7 Å². The van der Waals surface area contributed by atoms with E-state index in [9.17, 15) is 8.42 Å². The second-order valence-corrected chi connectivity index (χ2v) is 7.26. The number of rotatable bonds is 7. The van der Waals surface area contributed by atoms with Gasteiger partial charge in [-0.2, -0.15) is 4.98 Å². The van der Waals surface area contributed by atoms with Crippen molar-refractivity contribution in [2.24, 2.45) is 0 Å². The Morgan fingerprint density at radius 2 is 2.09 bits per heavy atom. The number of aromatic nitrogens is 2. The van der Waals surface area contributed by atoms with Crippen LogP contribution in [0.4, 0.5) is 0 Å². The van der Waals surface area contributed by atoms with Crippen LogP contribution >= 0.6 is 11.6 Å². The molecule has 0 bridgehead atoms. The molecular weight excluding hydrogens is 326 g/mol. The van der Waals surface area contributed by atoms with Crippen molar-refractivity contribution in [2.75, 3.05) is 5.75 Å². The van der Waals surface area contributed by atoms with Gasteiger partial charge < -0.3 is 4.52 Å². The van der Waals surface area contributed by atoms with Gasteiger partial charge in [-0.1, -0.05) is 41.9 Å². The van der Waals surface area contributed by atoms with Crippen molar-refractivity contribution < 1.29 is 12.9 Å². The summed E-state index contributed by atoms with van der Waals surface area (Å²) in [6, 6.07) is 6.83. The first kappa shape index (κ1) is 16.9. The van der Waals surface area contributed by atoms with E-state index in [-0.39, 0.29) is 11.6 Å². The Morgan fingerprint density at radius 1 is 1.36 bits per heavy atom. The summed E-state index contributed by atoms with van der Waals surface area (Å²) in [5.74, 6) is 0.768. The summed E-state index contributed by atoms with van der Waals surface area (Å²) in [5.41, 5.74) is 0.885. The molecule has 1 heterocycles. The molecule has 0 aliphatic carbocycles. The molecule has 0 radical (unpaired) electrons. The lowest BCUT2D eigenvalue weighted by molar-refractivity contribution is 0.350. The zero-order valence-corrected chi connectivity index (χ0v) is 14.0. The molecule has 1 aromatic carbocycles. The molecule has 0 fully saturated rings. The fourth-order valence-electron chi connectivity index (χ4n) is 1.97. The number of nitrogens with one attached hydrogen (secondary N) is 1. The van der Waals surface area contributed by atoms with Crippen molar-refractivity contribution in [3.05, 3.63) is 46.6 Å². The van der Waals surface area contributed by atoms with Gasteiger partial charge in [-0.05, 0) is 25.0 Å². The van der Waals surface area contributed by atoms with Gasteiger partial charge in [0.15, 0.2) is 5.82 Å². The van der Waals surface area contributed by atoms with Crippen LogP contribution in [-0.4, -0.2) is 24.3 Å². The van der Waals surface area contributed by atoms with Crippen LogP contribution in [0.5, 0.6) is 0 Å². The van der Waals surface area contributed by atoms with Crippen molar-refractivity contribution in [1.29, 1.82) is 0 Å². The molecule has 0 unspecified atom stereocenters. The lowest BCUT2D eigenvalue weighted by Crippen LogP contribution is -2.29. The summed E-state index contributed by atoms with van der Waals surface area (Å²) >= 11 is 6.09. The molecule has 0 saturated heterocycles. The fourth-order valence-corrected chi connectivity index (χ4v) is 3.47. The monoisotopic (exact) mass is 343 g/mol. The highest BCUT2D eigenvalue weighted by Gasteiger charge is 2.20. The zero-order chi connectivity index (χ0) is 16.2. The van der Waals surface area contributed by atoms with E-state index in [1.807, 2.05) is 18.2 Å². The van der Waals surface area contributed by atoms with E-state index in [0.717, 1.165) is 5.56 Å². The summed E-state index contributed by atoms with van der Waals surface area (Å²) in [7, 11) is -3.33. The molecule has 0 amide bonds. The third-order valence-corrected chi connectivity index (χ3v) is 5.02. The van der Waals surface area contributed by atoms with Crippen molar-refractivity contribution in [3.63, 3.8) is 0 Å². The SMILES string of the molecule is CCCS(=O)(=O)N[C@@H](C)c1nc(Cc2ccccc2Cl)no1. The Balaban J connectivity index is 2.07. The first-order valence-electron chi connectivity index (χ1n) is 6.97. The number of hydrogen-bond donors (Lipinski definition) is 1. The lowest BCUT2D eigenvalue weighted by atomic mass is 10.1. The minimum absolute atomic E-state index is 0.0674. The third-order valence-electron chi connectivity index (χ3n) is 2.99. The van der Waals surface area contributed by atoms with Crippen LogP contribution in [0.15, 0.2) is 28.8 Å². The Morgan fingerprint density at radius 3 is 2.77 bits per heavy atom. The summed E-state index contributed by atoms with van der Waals surface area (Å²) in [6.45, 7) is 3.47. The largest absolute Gasteiger partial charge is 0.338 e. The molecule has 120 valence electrons. The number of halogens is 1. The van der Waals surface area contributed by atoms with Crippen molar-refractivity contribution in [2.45, 2.75) is 32.7 Å². The molecule has 6 nitrogen and oxygen atoms in total. The van der Waals surface area contributed by atoms with Crippen LogP contribution in [0.25, 0.3) is 0 Å². The fraction of sp³-hybridized carbons (Fsp3) is 0.429. The highest BCUT2D eigenvalue weighted by Crippen LogP contribution is 2.19. The molecule has 2 aromatic rings. The van der Waals surface area contributed by atoms with E-state index < -0.39 is 16.1 Å². The van der Waals surface area contributed by atoms with Gasteiger partial charge in [-0.3, -0.25) is 0 Å². The van der Waals surface area contributed by atoms with Crippen molar-refractivity contribution in [3.8, 4) is 0 Å². The summed E-state index contributed by atoms with van der Waals surface area (Å²) in [4.78, 5) is 4.23. The number of hydrogen-bond acceptors (Lipinski definition) is 5. The molecule has 0 aliphatic heterocycles. The minimum atomic E-state index is -3.33. The standard InChI is InChI=1S/C14H18ClN3O3S/c1-3-8-22(19,20)18-10(2)14-16-13(17-21-14)9-11-6-4-5-7-12(11)15/h4-7,10,18H,3,8-9H2,1-2H3/t10-/m0/s1. The Kier molecular flexibility index (Phi) is 5.55. The molecule has 0 aliphatic rings. The van der Waals surface area contributed by atoms with E-state index in [1.54, 1.807) is 19.9 Å². The van der Waals surface area contributed by atoms with Crippen LogP contribution in [0, 0.1) is 0 Å². The summed E-state index contributed by atoms with van der Waals surface area (Å²) in [5, 5.41) is 4.50. The van der Waals surface area contributed by atoms with Crippen LogP contribution < -0.4 is 4.72 Å². The van der Waals surface area contributed by atoms with Gasteiger partial charge in [0, 0.05) is 11.4 Å². The smallest absolute Gasteiger partial charge is 0.244 e. The molecule has 1 aromatic heterocycles. The number of nitrogens with zero attached hydrogens (tertiary/aromatic N) is 2. The Labute approximate surface area is 134 Å². The predicted octanol–water partition coefficient (Wildman–Crippen LogP) is 2.70. The normalized spacial score (nSPS) is 13.2. The topological polar surface area (TPSA) is 85.1 Å². The summed E-state index contributed by atoms with van der Waals surface area (Å²) in [6.07, 6.45) is 0.973. The van der Waals surface area contributed by atoms with Gasteiger partial charge >= 0.3 is 0 Å². The van der Waals surface area contributed by atoms with Crippen molar-refractivity contribution in [1.82, 2.24) is 14.9 Å². The highest BCUT2D eigenvalue weighted by atomic mass is 35.5. The van der Waals surface area contributed by atoms with Gasteiger partial charge in [0.25, 0.3) is 0 Å². The van der Waals surface area contributed by atoms with Crippen LogP contribution in [0.3, 0.4) is 0 Å². The molecule has 1 atom stereocenters. The first-order valence-corrected chi connectivity index (χ1v) is 9.00. The van der Waals surface area contributed by atoms with Gasteiger partial charge in [-0.25, -0.2) is 13.1 Å². The zero-order valence-electron chi connectivity index (χ0n) is 12.4. The van der Waals surface area contributed by atoms with Crippen LogP contribution in [0.1, 0.15) is 43.6 Å². The lowest BCUT2D eigenvalue weighted by Gasteiger charge is -2.09. The maximum absolute atomic E-state index is 11.7. The maximum Gasteiger partial charge on any atom is 0.244 e. The number of sulfonamides is 1. The first-order chi connectivity index (χ1) is 10.4. The van der Waals surface area contributed by atoms with Gasteiger partial charge in [0.1, 0.15) is 0 Å². The average Bonchev–Trinajstić information content (AvgIpc) is 2.89. The molecule has 1 N–H and O–H groups in total. The Hall–Kier alpha value is -1.44. The van der Waals surface area contributed by atoms with Crippen LogP contribution in [-0.2, 0) is 16.4 Å². The molecule has 0 saturated carbocycles. The van der Waals surface area contributed by atoms with Crippen molar-refractivity contribution >= 4 is 21.6 Å². The minimum Gasteiger partial charge on any atom is -0.338 e. The third kappa shape index (κ3) is 4.53. The van der Waals surface area contributed by atoms with Gasteiger partial charge in [0.2, 0.25) is 15.9 Å². The van der Waals surface area contributed by atoms with Gasteiger partial charge in [-0.15, -0.1) is 0 Å². The number of benzene rings is 1. The maximum atomic E-state index is 11.7. The predicted molar refractivity (Wildman–Crippen MR) is 84.2 cm³/mol. The Bertz CT molecular complexity index is 730. The van der Waals surface area contributed by atoms with E-state index in [1.165, 1.54) is 0 Å². The molecule has 2 rings (SSSR count). The summed E-state index contributed by atoms with van der Waals surface area (Å²) < 4.78 is 31.1. The van der Waals surface area contributed by atoms with E-state index in [4.69, 9.17) is 16.1 Å². The second kappa shape index (κ2) is 7.21. The molecule has 22 heavy (non-hydrogen) atoms. The van der Waals surface area contributed by atoms with E-state index >= 15 is 0 Å². The molecule has 8 heteroatoms. The highest BCUT2D eigenvalue weighted by molar-refractivity contribution is 7.89. The molecular formula is C14H18ClN3O3S. The van der Waals surface area contributed by atoms with Crippen LogP contribution in [0.2, 0.25) is 5.02 Å². The second-order valence-electron chi connectivity index (χ2n) is 4.98. The quantitative estimate of drug-likeness (QED) is 0.835. The van der Waals surface area contributed by atoms with Gasteiger partial charge in [0.05, 0.1) is 11.8 Å².